The number of halogens is 1. The molecule has 0 saturated heterocycles. The maximum absolute atomic E-state index is 11.6. The molecule has 0 saturated carbocycles. The first-order valence-corrected chi connectivity index (χ1v) is 5.64. The van der Waals surface area contributed by atoms with Crippen LogP contribution in [0.2, 0.25) is 5.15 Å². The molecule has 78 valence electrons. The fourth-order valence-electron chi connectivity index (χ4n) is 1.28. The van der Waals surface area contributed by atoms with Crippen LogP contribution in [-0.2, 0) is 0 Å². The lowest BCUT2D eigenvalue weighted by molar-refractivity contribution is 0.0997. The van der Waals surface area contributed by atoms with Crippen LogP contribution < -0.4 is 5.32 Å². The molecule has 2 heterocycles. The molecule has 0 radical (unpaired) electrons. The maximum Gasteiger partial charge on any atom is 0.186 e. The quantitative estimate of drug-likeness (QED) is 0.662. The number of thiophene rings is 1. The van der Waals surface area contributed by atoms with E-state index in [-0.39, 0.29) is 5.78 Å². The second kappa shape index (κ2) is 4.26. The molecule has 0 aromatic carbocycles. The normalized spacial score (nSPS) is 10.8. The van der Waals surface area contributed by atoms with Gasteiger partial charge in [0, 0.05) is 0 Å². The van der Waals surface area contributed by atoms with Crippen molar-refractivity contribution in [3.63, 3.8) is 0 Å². The topological polar surface area (TPSA) is 42.0 Å². The van der Waals surface area contributed by atoms with Crippen molar-refractivity contribution in [2.24, 2.45) is 0 Å². The molecule has 0 aliphatic heterocycles. The molecule has 5 heteroatoms. The second-order valence-corrected chi connectivity index (χ2v) is 4.55. The van der Waals surface area contributed by atoms with E-state index in [9.17, 15) is 4.79 Å². The fourth-order valence-corrected chi connectivity index (χ4v) is 2.38. The second-order valence-electron chi connectivity index (χ2n) is 3.08. The third-order valence-electron chi connectivity index (χ3n) is 1.95. The Kier molecular flexibility index (Phi) is 3.00. The molecule has 2 aromatic heterocycles. The van der Waals surface area contributed by atoms with Gasteiger partial charge in [-0.25, -0.2) is 4.98 Å². The largest absolute Gasteiger partial charge is 0.313 e. The van der Waals surface area contributed by atoms with Gasteiger partial charge in [0.2, 0.25) is 0 Å². The van der Waals surface area contributed by atoms with Crippen molar-refractivity contribution in [1.82, 2.24) is 10.3 Å². The molecule has 0 bridgehead atoms. The zero-order chi connectivity index (χ0) is 10.8. The number of hydrogen-bond acceptors (Lipinski definition) is 4. The third kappa shape index (κ3) is 2.17. The van der Waals surface area contributed by atoms with Gasteiger partial charge in [-0.1, -0.05) is 11.6 Å². The highest BCUT2D eigenvalue weighted by Gasteiger charge is 2.10. The van der Waals surface area contributed by atoms with Crippen molar-refractivity contribution in [1.29, 1.82) is 0 Å². The van der Waals surface area contributed by atoms with E-state index in [1.54, 1.807) is 19.2 Å². The number of nitrogens with one attached hydrogen (secondary N) is 1. The van der Waals surface area contributed by atoms with Crippen LogP contribution in [-0.4, -0.2) is 24.4 Å². The molecule has 2 aromatic rings. The van der Waals surface area contributed by atoms with Crippen molar-refractivity contribution >= 4 is 38.9 Å². The van der Waals surface area contributed by atoms with Crippen LogP contribution in [0, 0.1) is 0 Å². The van der Waals surface area contributed by atoms with Crippen LogP contribution >= 0.6 is 22.9 Å². The van der Waals surface area contributed by atoms with Gasteiger partial charge >= 0.3 is 0 Å². The van der Waals surface area contributed by atoms with Crippen molar-refractivity contribution < 1.29 is 4.79 Å². The lowest BCUT2D eigenvalue weighted by Gasteiger charge is -1.92. The number of carbonyl (C=O) groups excluding carboxylic acids is 1. The summed E-state index contributed by atoms with van der Waals surface area (Å²) in [5.74, 6) is 0.0802. The average Bonchev–Trinajstić information content (AvgIpc) is 2.60. The monoisotopic (exact) mass is 240 g/mol. The van der Waals surface area contributed by atoms with Crippen molar-refractivity contribution in [2.75, 3.05) is 13.6 Å². The number of likely N-dealkylation sites (N-methyl/N-ethyl adjacent to an activating group) is 1. The van der Waals surface area contributed by atoms with Gasteiger partial charge in [0.05, 0.1) is 21.6 Å². The van der Waals surface area contributed by atoms with Crippen LogP contribution in [0.4, 0.5) is 0 Å². The average molecular weight is 241 g/mol. The molecule has 3 nitrogen and oxygen atoms in total. The Labute approximate surface area is 96.1 Å². The van der Waals surface area contributed by atoms with Gasteiger partial charge in [0.1, 0.15) is 5.15 Å². The van der Waals surface area contributed by atoms with E-state index in [0.717, 1.165) is 10.2 Å². The molecule has 0 atom stereocenters. The van der Waals surface area contributed by atoms with Crippen LogP contribution in [0.1, 0.15) is 9.67 Å². The molecule has 15 heavy (non-hydrogen) atoms. The van der Waals surface area contributed by atoms with Gasteiger partial charge in [0.25, 0.3) is 0 Å². The predicted octanol–water partition coefficient (Wildman–Crippen LogP) is 2.35. The number of fused-ring (bicyclic) bond motifs is 1. The minimum absolute atomic E-state index is 0.0802. The first-order chi connectivity index (χ1) is 7.20. The van der Waals surface area contributed by atoms with Crippen LogP contribution in [0.3, 0.4) is 0 Å². The summed E-state index contributed by atoms with van der Waals surface area (Å²) in [5, 5.41) is 3.28. The lowest BCUT2D eigenvalue weighted by Crippen LogP contribution is -2.17. The Bertz CT molecular complexity index is 509. The Balaban J connectivity index is 2.42. The number of hydrogen-bond donors (Lipinski definition) is 1. The molecule has 0 unspecified atom stereocenters. The predicted molar refractivity (Wildman–Crippen MR) is 62.9 cm³/mol. The summed E-state index contributed by atoms with van der Waals surface area (Å²) in [6.45, 7) is 0.348. The SMILES string of the molecule is CNCC(=O)c1cc2nc(Cl)ccc2s1. The van der Waals surface area contributed by atoms with Gasteiger partial charge < -0.3 is 5.32 Å². The highest BCUT2D eigenvalue weighted by Crippen LogP contribution is 2.25. The molecule has 0 amide bonds. The Morgan fingerprint density at radius 1 is 1.60 bits per heavy atom. The van der Waals surface area contributed by atoms with Crippen LogP contribution in [0.5, 0.6) is 0 Å². The van der Waals surface area contributed by atoms with Crippen molar-refractivity contribution in [2.45, 2.75) is 0 Å². The number of nitrogens with zero attached hydrogens (tertiary/aromatic N) is 1. The smallest absolute Gasteiger partial charge is 0.186 e. The van der Waals surface area contributed by atoms with Gasteiger partial charge in [-0.2, -0.15) is 0 Å². The Morgan fingerprint density at radius 3 is 3.13 bits per heavy atom. The highest BCUT2D eigenvalue weighted by atomic mass is 35.5. The number of rotatable bonds is 3. The number of ketones is 1. The van der Waals surface area contributed by atoms with E-state index in [1.165, 1.54) is 11.3 Å². The lowest BCUT2D eigenvalue weighted by atomic mass is 10.3. The number of carbonyl (C=O) groups is 1. The molecule has 0 fully saturated rings. The Morgan fingerprint density at radius 2 is 2.40 bits per heavy atom. The van der Waals surface area contributed by atoms with Crippen LogP contribution in [0.25, 0.3) is 10.2 Å². The third-order valence-corrected chi connectivity index (χ3v) is 3.29. The zero-order valence-electron chi connectivity index (χ0n) is 8.08. The molecule has 2 rings (SSSR count). The first kappa shape index (κ1) is 10.5. The van der Waals surface area contributed by atoms with Crippen molar-refractivity contribution in [3.05, 3.63) is 28.2 Å². The fraction of sp³-hybridized carbons (Fsp3) is 0.200. The minimum atomic E-state index is 0.0802. The molecule has 0 aliphatic carbocycles. The van der Waals surface area contributed by atoms with E-state index >= 15 is 0 Å². The zero-order valence-corrected chi connectivity index (χ0v) is 9.65. The van der Waals surface area contributed by atoms with E-state index in [2.05, 4.69) is 10.3 Å². The van der Waals surface area contributed by atoms with E-state index in [1.807, 2.05) is 6.07 Å². The van der Waals surface area contributed by atoms with E-state index in [4.69, 9.17) is 11.6 Å². The first-order valence-electron chi connectivity index (χ1n) is 4.44. The van der Waals surface area contributed by atoms with E-state index < -0.39 is 0 Å². The highest BCUT2D eigenvalue weighted by molar-refractivity contribution is 7.20. The Hall–Kier alpha value is -0.970. The van der Waals surface area contributed by atoms with Gasteiger partial charge in [-0.15, -0.1) is 11.3 Å². The van der Waals surface area contributed by atoms with Gasteiger partial charge in [0.15, 0.2) is 5.78 Å². The summed E-state index contributed by atoms with van der Waals surface area (Å²) in [5.41, 5.74) is 0.784. The number of Topliss-reactive ketones (excluding diaryl/α,β-unsaturated/α-hetero) is 1. The van der Waals surface area contributed by atoms with Crippen LogP contribution in [0.15, 0.2) is 18.2 Å². The molecular formula is C10H9ClN2OS. The standard InChI is InChI=1S/C10H9ClN2OS/c1-12-5-7(14)9-4-6-8(15-9)2-3-10(11)13-6/h2-4,12H,5H2,1H3. The maximum atomic E-state index is 11.6. The molecule has 0 spiro atoms. The molecule has 0 aliphatic rings. The summed E-state index contributed by atoms with van der Waals surface area (Å²) >= 11 is 7.21. The van der Waals surface area contributed by atoms with E-state index in [0.29, 0.717) is 16.6 Å². The number of pyridine rings is 1. The summed E-state index contributed by atoms with van der Waals surface area (Å²) in [4.78, 5) is 16.4. The summed E-state index contributed by atoms with van der Waals surface area (Å²) in [6.07, 6.45) is 0. The van der Waals surface area contributed by atoms with Gasteiger partial charge in [-0.05, 0) is 25.2 Å². The summed E-state index contributed by atoms with van der Waals surface area (Å²) in [7, 11) is 1.75. The van der Waals surface area contributed by atoms with Gasteiger partial charge in [-0.3, -0.25) is 4.79 Å². The molecular weight excluding hydrogens is 232 g/mol. The number of aromatic nitrogens is 1. The molecule has 1 N–H and O–H groups in total. The van der Waals surface area contributed by atoms with Crippen molar-refractivity contribution in [3.8, 4) is 0 Å². The minimum Gasteiger partial charge on any atom is -0.313 e. The summed E-state index contributed by atoms with van der Waals surface area (Å²) in [6, 6.07) is 5.39. The summed E-state index contributed by atoms with van der Waals surface area (Å²) < 4.78 is 0.985.